The first-order chi connectivity index (χ1) is 8.39. The van der Waals surface area contributed by atoms with E-state index < -0.39 is 29.1 Å². The van der Waals surface area contributed by atoms with E-state index in [4.69, 9.17) is 0 Å². The predicted molar refractivity (Wildman–Crippen MR) is 52.4 cm³/mol. The Morgan fingerprint density at radius 2 is 1.78 bits per heavy atom. The molecule has 0 saturated carbocycles. The monoisotopic (exact) mass is 260 g/mol. The number of alkyl halides is 3. The molecule has 0 aliphatic rings. The molecule has 7 heteroatoms. The van der Waals surface area contributed by atoms with Gasteiger partial charge in [0.1, 0.15) is 5.69 Å². The Hall–Kier alpha value is -2.05. The summed E-state index contributed by atoms with van der Waals surface area (Å²) in [7, 11) is 0. The summed E-state index contributed by atoms with van der Waals surface area (Å²) in [6.45, 7) is 0. The second-order valence-corrected chi connectivity index (χ2v) is 3.43. The van der Waals surface area contributed by atoms with Crippen LogP contribution in [0.4, 0.5) is 22.0 Å². The molecule has 0 spiro atoms. The van der Waals surface area contributed by atoms with Crippen LogP contribution in [0.5, 0.6) is 0 Å². The molecule has 0 aliphatic carbocycles. The third-order valence-corrected chi connectivity index (χ3v) is 2.21. The molecule has 0 atom stereocenters. The molecule has 2 aromatic rings. The highest BCUT2D eigenvalue weighted by atomic mass is 19.4. The topological polar surface area (TPSA) is 25.8 Å². The van der Waals surface area contributed by atoms with E-state index in [-0.39, 0.29) is 5.56 Å². The molecule has 0 saturated heterocycles. The normalized spacial score (nSPS) is 11.6. The van der Waals surface area contributed by atoms with Crippen LogP contribution >= 0.6 is 0 Å². The average molecular weight is 260 g/mol. The molecule has 2 rings (SSSR count). The summed E-state index contributed by atoms with van der Waals surface area (Å²) in [5, 5.41) is 6.47. The number of aromatic nitrogens is 2. The van der Waals surface area contributed by atoms with Crippen molar-refractivity contribution in [3.8, 4) is 11.3 Å². The maximum atomic E-state index is 13.4. The van der Waals surface area contributed by atoms with Crippen LogP contribution in [0, 0.1) is 11.6 Å². The van der Waals surface area contributed by atoms with Gasteiger partial charge in [-0.1, -0.05) is 12.1 Å². The molecule has 0 amide bonds. The molecular weight excluding hydrogens is 255 g/mol. The molecule has 0 bridgehead atoms. The van der Waals surface area contributed by atoms with Gasteiger partial charge in [-0.15, -0.1) is 5.10 Å². The maximum Gasteiger partial charge on any atom is 0.416 e. The van der Waals surface area contributed by atoms with Gasteiger partial charge in [0, 0.05) is 5.56 Å². The lowest BCUT2D eigenvalue weighted by molar-refractivity contribution is -0.137. The van der Waals surface area contributed by atoms with E-state index in [1.54, 1.807) is 0 Å². The zero-order valence-electron chi connectivity index (χ0n) is 8.67. The molecule has 0 unspecified atom stereocenters. The summed E-state index contributed by atoms with van der Waals surface area (Å²) in [6.07, 6.45) is -4.01. The second-order valence-electron chi connectivity index (χ2n) is 3.43. The highest BCUT2D eigenvalue weighted by Gasteiger charge is 2.30. The number of hydrogen-bond acceptors (Lipinski definition) is 2. The first-order valence-corrected chi connectivity index (χ1v) is 4.74. The lowest BCUT2D eigenvalue weighted by Gasteiger charge is -2.08. The van der Waals surface area contributed by atoms with E-state index in [0.717, 1.165) is 12.1 Å². The van der Waals surface area contributed by atoms with E-state index in [1.807, 2.05) is 0 Å². The van der Waals surface area contributed by atoms with Crippen molar-refractivity contribution < 1.29 is 22.0 Å². The SMILES string of the molecule is Fc1cnnc(-c2cccc(C(F)(F)F)c2)c1F. The summed E-state index contributed by atoms with van der Waals surface area (Å²) in [5.74, 6) is -2.60. The van der Waals surface area contributed by atoms with Gasteiger partial charge in [0.05, 0.1) is 11.8 Å². The Morgan fingerprint density at radius 3 is 2.44 bits per heavy atom. The quantitative estimate of drug-likeness (QED) is 0.734. The second kappa shape index (κ2) is 4.32. The number of benzene rings is 1. The van der Waals surface area contributed by atoms with Gasteiger partial charge in [0.25, 0.3) is 0 Å². The standard InChI is InChI=1S/C11H5F5N2/c12-8-5-17-18-10(9(8)13)6-2-1-3-7(4-6)11(14,15)16/h1-5H. The van der Waals surface area contributed by atoms with E-state index >= 15 is 0 Å². The molecule has 1 aromatic heterocycles. The van der Waals surface area contributed by atoms with Crippen LogP contribution in [-0.4, -0.2) is 10.2 Å². The van der Waals surface area contributed by atoms with E-state index in [2.05, 4.69) is 10.2 Å². The fourth-order valence-corrected chi connectivity index (χ4v) is 1.38. The number of rotatable bonds is 1. The summed E-state index contributed by atoms with van der Waals surface area (Å²) in [5.41, 5.74) is -1.71. The summed E-state index contributed by atoms with van der Waals surface area (Å²) in [6, 6.07) is 3.80. The Morgan fingerprint density at radius 1 is 1.06 bits per heavy atom. The predicted octanol–water partition coefficient (Wildman–Crippen LogP) is 3.44. The van der Waals surface area contributed by atoms with Gasteiger partial charge in [0.2, 0.25) is 0 Å². The minimum absolute atomic E-state index is 0.186. The first-order valence-electron chi connectivity index (χ1n) is 4.74. The fraction of sp³-hybridized carbons (Fsp3) is 0.0909. The summed E-state index contributed by atoms with van der Waals surface area (Å²) in [4.78, 5) is 0. The van der Waals surface area contributed by atoms with Crippen molar-refractivity contribution in [2.45, 2.75) is 6.18 Å². The Labute approximate surface area is 98.1 Å². The Kier molecular flexibility index (Phi) is 2.98. The molecule has 0 N–H and O–H groups in total. The van der Waals surface area contributed by atoms with Crippen LogP contribution in [0.2, 0.25) is 0 Å². The Bertz CT molecular complexity index is 580. The van der Waals surface area contributed by atoms with Crippen LogP contribution < -0.4 is 0 Å². The minimum atomic E-state index is -4.56. The Balaban J connectivity index is 2.55. The van der Waals surface area contributed by atoms with Crippen LogP contribution in [0.3, 0.4) is 0 Å². The lowest BCUT2D eigenvalue weighted by atomic mass is 10.1. The number of nitrogens with zero attached hydrogens (tertiary/aromatic N) is 2. The molecule has 0 aliphatic heterocycles. The average Bonchev–Trinajstić information content (AvgIpc) is 2.32. The van der Waals surface area contributed by atoms with E-state index in [0.29, 0.717) is 12.3 Å². The molecule has 94 valence electrons. The van der Waals surface area contributed by atoms with E-state index in [1.165, 1.54) is 6.07 Å². The lowest BCUT2D eigenvalue weighted by Crippen LogP contribution is -2.05. The van der Waals surface area contributed by atoms with Crippen molar-refractivity contribution in [2.24, 2.45) is 0 Å². The van der Waals surface area contributed by atoms with Crippen molar-refractivity contribution >= 4 is 0 Å². The molecule has 0 radical (unpaired) electrons. The minimum Gasteiger partial charge on any atom is -0.202 e. The fourth-order valence-electron chi connectivity index (χ4n) is 1.38. The van der Waals surface area contributed by atoms with Crippen molar-refractivity contribution in [1.29, 1.82) is 0 Å². The van der Waals surface area contributed by atoms with Crippen molar-refractivity contribution in [2.75, 3.05) is 0 Å². The third-order valence-electron chi connectivity index (χ3n) is 2.21. The van der Waals surface area contributed by atoms with Crippen molar-refractivity contribution in [1.82, 2.24) is 10.2 Å². The van der Waals surface area contributed by atoms with Crippen molar-refractivity contribution in [3.05, 3.63) is 47.7 Å². The van der Waals surface area contributed by atoms with Gasteiger partial charge in [0.15, 0.2) is 11.6 Å². The highest BCUT2D eigenvalue weighted by Crippen LogP contribution is 2.32. The summed E-state index contributed by atoms with van der Waals surface area (Å²) < 4.78 is 63.6. The highest BCUT2D eigenvalue weighted by molar-refractivity contribution is 5.60. The largest absolute Gasteiger partial charge is 0.416 e. The van der Waals surface area contributed by atoms with Gasteiger partial charge in [-0.3, -0.25) is 0 Å². The third kappa shape index (κ3) is 2.29. The van der Waals surface area contributed by atoms with Crippen LogP contribution in [0.25, 0.3) is 11.3 Å². The smallest absolute Gasteiger partial charge is 0.202 e. The molecule has 18 heavy (non-hydrogen) atoms. The number of halogens is 5. The first kappa shape index (κ1) is 12.4. The summed E-state index contributed by atoms with van der Waals surface area (Å²) >= 11 is 0. The molecule has 0 fully saturated rings. The zero-order chi connectivity index (χ0) is 13.3. The van der Waals surface area contributed by atoms with Crippen LogP contribution in [0.1, 0.15) is 5.56 Å². The molecule has 1 aromatic carbocycles. The molecule has 2 nitrogen and oxygen atoms in total. The van der Waals surface area contributed by atoms with Crippen molar-refractivity contribution in [3.63, 3.8) is 0 Å². The van der Waals surface area contributed by atoms with Gasteiger partial charge < -0.3 is 0 Å². The zero-order valence-corrected chi connectivity index (χ0v) is 8.67. The molecular formula is C11H5F5N2. The van der Waals surface area contributed by atoms with E-state index in [9.17, 15) is 22.0 Å². The van der Waals surface area contributed by atoms with Gasteiger partial charge in [-0.05, 0) is 12.1 Å². The van der Waals surface area contributed by atoms with Gasteiger partial charge in [-0.25, -0.2) is 8.78 Å². The van der Waals surface area contributed by atoms with Gasteiger partial charge in [-0.2, -0.15) is 18.3 Å². The molecule has 1 heterocycles. The van der Waals surface area contributed by atoms with Crippen LogP contribution in [-0.2, 0) is 6.18 Å². The number of hydrogen-bond donors (Lipinski definition) is 0. The van der Waals surface area contributed by atoms with Crippen LogP contribution in [0.15, 0.2) is 30.5 Å². The maximum absolute atomic E-state index is 13.4. The van der Waals surface area contributed by atoms with Gasteiger partial charge >= 0.3 is 6.18 Å².